The van der Waals surface area contributed by atoms with Gasteiger partial charge in [0, 0.05) is 6.20 Å². The van der Waals surface area contributed by atoms with Gasteiger partial charge in [0.1, 0.15) is 11.3 Å². The highest BCUT2D eigenvalue weighted by molar-refractivity contribution is 6.05. The molecule has 0 radical (unpaired) electrons. The predicted molar refractivity (Wildman–Crippen MR) is 93.3 cm³/mol. The molecule has 4 nitrogen and oxygen atoms in total. The van der Waals surface area contributed by atoms with Crippen LogP contribution in [0.3, 0.4) is 0 Å². The highest BCUT2D eigenvalue weighted by atomic mass is 19.4. The van der Waals surface area contributed by atoms with E-state index < -0.39 is 17.6 Å². The summed E-state index contributed by atoms with van der Waals surface area (Å²) in [7, 11) is 0. The topological polar surface area (TPSA) is 46.4 Å². The molecule has 3 rings (SSSR count). The Kier molecular flexibility index (Phi) is 4.71. The molecule has 0 unspecified atom stereocenters. The number of alkyl halides is 3. The molecule has 7 heteroatoms. The fourth-order valence-corrected chi connectivity index (χ4v) is 2.87. The van der Waals surface area contributed by atoms with Crippen LogP contribution in [-0.2, 0) is 12.6 Å². The maximum Gasteiger partial charge on any atom is 0.418 e. The van der Waals surface area contributed by atoms with E-state index in [4.69, 9.17) is 0 Å². The van der Waals surface area contributed by atoms with Crippen molar-refractivity contribution in [3.8, 4) is 0 Å². The minimum Gasteiger partial charge on any atom is -0.320 e. The van der Waals surface area contributed by atoms with E-state index in [2.05, 4.69) is 10.3 Å². The summed E-state index contributed by atoms with van der Waals surface area (Å²) in [6.45, 7) is 3.86. The molecule has 0 saturated carbocycles. The lowest BCUT2D eigenvalue weighted by atomic mass is 10.1. The van der Waals surface area contributed by atoms with Crippen molar-refractivity contribution < 1.29 is 18.0 Å². The molecule has 0 saturated heterocycles. The molecular formula is C19H18F3N3O. The first-order valence-corrected chi connectivity index (χ1v) is 8.26. The minimum atomic E-state index is -4.55. The lowest BCUT2D eigenvalue weighted by molar-refractivity contribution is -0.136. The van der Waals surface area contributed by atoms with Gasteiger partial charge < -0.3 is 5.32 Å². The van der Waals surface area contributed by atoms with Gasteiger partial charge >= 0.3 is 6.18 Å². The third-order valence-corrected chi connectivity index (χ3v) is 4.04. The van der Waals surface area contributed by atoms with Crippen LogP contribution in [0.4, 0.5) is 18.9 Å². The Hall–Kier alpha value is -2.83. The molecule has 2 heterocycles. The van der Waals surface area contributed by atoms with Gasteiger partial charge in [0.15, 0.2) is 0 Å². The first-order chi connectivity index (χ1) is 12.3. The number of nitrogens with one attached hydrogen (secondary N) is 1. The third-order valence-electron chi connectivity index (χ3n) is 4.04. The number of aryl methyl sites for hydroxylation is 2. The van der Waals surface area contributed by atoms with Gasteiger partial charge in [0.2, 0.25) is 0 Å². The van der Waals surface area contributed by atoms with Crippen molar-refractivity contribution in [2.24, 2.45) is 0 Å². The SMILES string of the molecule is CCCc1nc2cc(C)ccn2c1C(=O)Nc1ccccc1C(F)(F)F. The molecule has 0 spiro atoms. The van der Waals surface area contributed by atoms with Crippen LogP contribution in [0.5, 0.6) is 0 Å². The number of rotatable bonds is 4. The van der Waals surface area contributed by atoms with Crippen LogP contribution in [0.25, 0.3) is 5.65 Å². The fourth-order valence-electron chi connectivity index (χ4n) is 2.87. The number of pyridine rings is 1. The third kappa shape index (κ3) is 3.42. The van der Waals surface area contributed by atoms with Crippen molar-refractivity contribution >= 4 is 17.2 Å². The van der Waals surface area contributed by atoms with Gasteiger partial charge in [-0.25, -0.2) is 4.98 Å². The van der Waals surface area contributed by atoms with Crippen LogP contribution < -0.4 is 5.32 Å². The van der Waals surface area contributed by atoms with Gasteiger partial charge in [-0.15, -0.1) is 0 Å². The zero-order chi connectivity index (χ0) is 18.9. The van der Waals surface area contributed by atoms with Crippen molar-refractivity contribution in [2.45, 2.75) is 32.9 Å². The Morgan fingerprint density at radius 1 is 1.23 bits per heavy atom. The zero-order valence-electron chi connectivity index (χ0n) is 14.4. The quantitative estimate of drug-likeness (QED) is 0.721. The van der Waals surface area contributed by atoms with Crippen molar-refractivity contribution in [3.05, 3.63) is 65.1 Å². The van der Waals surface area contributed by atoms with Crippen molar-refractivity contribution in [3.63, 3.8) is 0 Å². The number of imidazole rings is 1. The summed E-state index contributed by atoms with van der Waals surface area (Å²) in [5, 5.41) is 2.41. The standard InChI is InChI=1S/C19H18F3N3O/c1-3-6-15-17(25-10-9-12(2)11-16(25)23-15)18(26)24-14-8-5-4-7-13(14)19(20,21)22/h4-5,7-11H,3,6H2,1-2H3,(H,24,26). The van der Waals surface area contributed by atoms with Gasteiger partial charge in [-0.2, -0.15) is 13.2 Å². The lowest BCUT2D eigenvalue weighted by Crippen LogP contribution is -2.19. The molecule has 26 heavy (non-hydrogen) atoms. The van der Waals surface area contributed by atoms with E-state index in [1.54, 1.807) is 10.6 Å². The van der Waals surface area contributed by atoms with Gasteiger partial charge in [-0.05, 0) is 43.2 Å². The zero-order valence-corrected chi connectivity index (χ0v) is 14.4. The molecular weight excluding hydrogens is 343 g/mol. The number of nitrogens with zero attached hydrogens (tertiary/aromatic N) is 2. The molecule has 1 N–H and O–H groups in total. The maximum absolute atomic E-state index is 13.2. The molecule has 0 bridgehead atoms. The van der Waals surface area contributed by atoms with E-state index in [1.807, 2.05) is 26.0 Å². The van der Waals surface area contributed by atoms with Crippen molar-refractivity contribution in [1.82, 2.24) is 9.38 Å². The Morgan fingerprint density at radius 3 is 2.65 bits per heavy atom. The van der Waals surface area contributed by atoms with Crippen LogP contribution in [0.2, 0.25) is 0 Å². The summed E-state index contributed by atoms with van der Waals surface area (Å²) in [4.78, 5) is 17.3. The average molecular weight is 361 g/mol. The molecule has 2 aromatic heterocycles. The second-order valence-corrected chi connectivity index (χ2v) is 6.09. The molecule has 136 valence electrons. The van der Waals surface area contributed by atoms with Crippen molar-refractivity contribution in [1.29, 1.82) is 0 Å². The number of halogens is 3. The van der Waals surface area contributed by atoms with Gasteiger partial charge in [0.25, 0.3) is 5.91 Å². The lowest BCUT2D eigenvalue weighted by Gasteiger charge is -2.14. The predicted octanol–water partition coefficient (Wildman–Crippen LogP) is 4.87. The second kappa shape index (κ2) is 6.82. The van der Waals surface area contributed by atoms with Crippen LogP contribution in [0.1, 0.15) is 40.7 Å². The van der Waals surface area contributed by atoms with Gasteiger partial charge in [0.05, 0.1) is 16.9 Å². The number of carbonyl (C=O) groups is 1. The number of fused-ring (bicyclic) bond motifs is 1. The molecule has 0 atom stereocenters. The fraction of sp³-hybridized carbons (Fsp3) is 0.263. The van der Waals surface area contributed by atoms with E-state index in [1.165, 1.54) is 18.2 Å². The number of benzene rings is 1. The number of aromatic nitrogens is 2. The molecule has 0 fully saturated rings. The summed E-state index contributed by atoms with van der Waals surface area (Å²) in [6.07, 6.45) is -1.51. The highest BCUT2D eigenvalue weighted by Gasteiger charge is 2.34. The first kappa shape index (κ1) is 18.0. The van der Waals surface area contributed by atoms with Gasteiger partial charge in [-0.3, -0.25) is 9.20 Å². The highest BCUT2D eigenvalue weighted by Crippen LogP contribution is 2.34. The monoisotopic (exact) mass is 361 g/mol. The van der Waals surface area contributed by atoms with Crippen LogP contribution in [-0.4, -0.2) is 15.3 Å². The van der Waals surface area contributed by atoms with Crippen LogP contribution in [0.15, 0.2) is 42.6 Å². The molecule has 0 aliphatic carbocycles. The Bertz CT molecular complexity index is 960. The normalized spacial score (nSPS) is 11.7. The summed E-state index contributed by atoms with van der Waals surface area (Å²) in [5.74, 6) is -0.610. The number of carbonyl (C=O) groups excluding carboxylic acids is 1. The van der Waals surface area contributed by atoms with Crippen LogP contribution >= 0.6 is 0 Å². The maximum atomic E-state index is 13.2. The Morgan fingerprint density at radius 2 is 1.96 bits per heavy atom. The number of para-hydroxylation sites is 1. The molecule has 0 aliphatic heterocycles. The number of hydrogen-bond donors (Lipinski definition) is 1. The smallest absolute Gasteiger partial charge is 0.320 e. The summed E-state index contributed by atoms with van der Waals surface area (Å²) < 4.78 is 41.1. The van der Waals surface area contributed by atoms with Crippen molar-refractivity contribution in [2.75, 3.05) is 5.32 Å². The molecule has 1 amide bonds. The number of hydrogen-bond acceptors (Lipinski definition) is 2. The van der Waals surface area contributed by atoms with E-state index >= 15 is 0 Å². The Labute approximate surface area is 148 Å². The summed E-state index contributed by atoms with van der Waals surface area (Å²) >= 11 is 0. The average Bonchev–Trinajstić information content (AvgIpc) is 2.91. The summed E-state index contributed by atoms with van der Waals surface area (Å²) in [6, 6.07) is 8.59. The number of amides is 1. The van der Waals surface area contributed by atoms with E-state index in [9.17, 15) is 18.0 Å². The van der Waals surface area contributed by atoms with E-state index in [0.29, 0.717) is 17.8 Å². The van der Waals surface area contributed by atoms with Gasteiger partial charge in [-0.1, -0.05) is 25.5 Å². The molecule has 0 aliphatic rings. The number of anilines is 1. The summed E-state index contributed by atoms with van der Waals surface area (Å²) in [5.41, 5.74) is 1.27. The molecule has 3 aromatic rings. The first-order valence-electron chi connectivity index (χ1n) is 8.26. The van der Waals surface area contributed by atoms with Crippen LogP contribution in [0, 0.1) is 6.92 Å². The largest absolute Gasteiger partial charge is 0.418 e. The minimum absolute atomic E-state index is 0.263. The van der Waals surface area contributed by atoms with E-state index in [0.717, 1.165) is 18.1 Å². The van der Waals surface area contributed by atoms with E-state index in [-0.39, 0.29) is 11.4 Å². The second-order valence-electron chi connectivity index (χ2n) is 6.09. The Balaban J connectivity index is 2.05. The molecule has 1 aromatic carbocycles.